The molecule has 0 bridgehead atoms. The van der Waals surface area contributed by atoms with Gasteiger partial charge in [-0.3, -0.25) is 0 Å². The van der Waals surface area contributed by atoms with E-state index in [0.717, 1.165) is 22.5 Å². The quantitative estimate of drug-likeness (QED) is 0.639. The summed E-state index contributed by atoms with van der Waals surface area (Å²) in [6.45, 7) is 2.45. The van der Waals surface area contributed by atoms with Gasteiger partial charge in [0, 0.05) is 13.2 Å². The lowest BCUT2D eigenvalue weighted by Crippen LogP contribution is -2.19. The van der Waals surface area contributed by atoms with Gasteiger partial charge in [0.15, 0.2) is 5.75 Å². The van der Waals surface area contributed by atoms with Gasteiger partial charge in [0.2, 0.25) is 0 Å². The Morgan fingerprint density at radius 1 is 1.30 bits per heavy atom. The molecule has 0 amide bonds. The molecule has 0 saturated heterocycles. The van der Waals surface area contributed by atoms with E-state index in [9.17, 15) is 13.2 Å². The predicted octanol–water partition coefficient (Wildman–Crippen LogP) is 4.66. The van der Waals surface area contributed by atoms with E-state index < -0.39 is 11.7 Å². The number of hydrogen-bond donors (Lipinski definition) is 0. The molecule has 1 heterocycles. The van der Waals surface area contributed by atoms with Crippen LogP contribution < -0.4 is 9.64 Å². The van der Waals surface area contributed by atoms with Gasteiger partial charge in [-0.25, -0.2) is 9.97 Å². The van der Waals surface area contributed by atoms with Gasteiger partial charge in [0.25, 0.3) is 0 Å². The van der Waals surface area contributed by atoms with Crippen LogP contribution in [0.1, 0.15) is 18.9 Å². The number of ether oxygens (including phenoxy) is 1. The highest BCUT2D eigenvalue weighted by Gasteiger charge is 2.36. The molecule has 4 nitrogen and oxygen atoms in total. The maximum absolute atomic E-state index is 13.2. The first-order chi connectivity index (χ1) is 10.9. The van der Waals surface area contributed by atoms with Crippen LogP contribution in [0.15, 0.2) is 30.7 Å². The van der Waals surface area contributed by atoms with Gasteiger partial charge in [0.05, 0.1) is 15.9 Å². The summed E-state index contributed by atoms with van der Waals surface area (Å²) in [5.41, 5.74) is -0.364. The number of anilines is 2. The average Bonchev–Trinajstić information content (AvgIpc) is 2.52. The van der Waals surface area contributed by atoms with E-state index in [4.69, 9.17) is 4.74 Å². The third-order valence-electron chi connectivity index (χ3n) is 3.07. The number of para-hydroxylation sites is 1. The topological polar surface area (TPSA) is 38.2 Å². The monoisotopic (exact) mass is 437 g/mol. The second kappa shape index (κ2) is 7.33. The molecule has 2 rings (SSSR count). The van der Waals surface area contributed by atoms with Gasteiger partial charge in [-0.1, -0.05) is 13.0 Å². The first-order valence-electron chi connectivity index (χ1n) is 6.88. The molecule has 0 aliphatic rings. The van der Waals surface area contributed by atoms with Gasteiger partial charge in [0.1, 0.15) is 17.7 Å². The lowest BCUT2D eigenvalue weighted by molar-refractivity contribution is -0.137. The molecule has 1 aromatic heterocycles. The molecule has 0 unspecified atom stereocenters. The Kier molecular flexibility index (Phi) is 5.66. The molecule has 0 N–H and O–H groups in total. The van der Waals surface area contributed by atoms with Crippen molar-refractivity contribution in [3.05, 3.63) is 39.9 Å². The SMILES string of the molecule is CCCOc1c(I)cccc1N(C)c1ncncc1C(F)(F)F. The molecule has 0 aliphatic heterocycles. The van der Waals surface area contributed by atoms with Crippen LogP contribution in [0.2, 0.25) is 0 Å². The van der Waals surface area contributed by atoms with E-state index in [1.54, 1.807) is 12.1 Å². The summed E-state index contributed by atoms with van der Waals surface area (Å²) in [6.07, 6.45) is -1.85. The zero-order chi connectivity index (χ0) is 17.0. The van der Waals surface area contributed by atoms with Crippen LogP contribution in [-0.4, -0.2) is 23.6 Å². The van der Waals surface area contributed by atoms with Crippen molar-refractivity contribution in [2.75, 3.05) is 18.6 Å². The Balaban J connectivity index is 2.50. The van der Waals surface area contributed by atoms with Crippen molar-refractivity contribution < 1.29 is 17.9 Å². The Bertz CT molecular complexity index is 679. The smallest absolute Gasteiger partial charge is 0.421 e. The molecule has 0 aliphatic carbocycles. The minimum Gasteiger partial charge on any atom is -0.490 e. The fraction of sp³-hybridized carbons (Fsp3) is 0.333. The standard InChI is InChI=1S/C15H15F3IN3O/c1-3-7-23-13-11(19)5-4-6-12(13)22(2)14-10(15(16,17)18)8-20-9-21-14/h4-6,8-9H,3,7H2,1-2H3. The third kappa shape index (κ3) is 4.04. The van der Waals surface area contributed by atoms with Crippen molar-refractivity contribution >= 4 is 34.1 Å². The van der Waals surface area contributed by atoms with Crippen LogP contribution in [0, 0.1) is 3.57 Å². The summed E-state index contributed by atoms with van der Waals surface area (Å²) < 4.78 is 46.0. The van der Waals surface area contributed by atoms with E-state index >= 15 is 0 Å². The highest BCUT2D eigenvalue weighted by Crippen LogP contribution is 2.40. The molecule has 124 valence electrons. The van der Waals surface area contributed by atoms with E-state index in [-0.39, 0.29) is 5.82 Å². The Labute approximate surface area is 145 Å². The highest BCUT2D eigenvalue weighted by molar-refractivity contribution is 14.1. The summed E-state index contributed by atoms with van der Waals surface area (Å²) >= 11 is 2.10. The normalized spacial score (nSPS) is 11.4. The minimum absolute atomic E-state index is 0.212. The molecule has 23 heavy (non-hydrogen) atoms. The zero-order valence-corrected chi connectivity index (χ0v) is 14.7. The van der Waals surface area contributed by atoms with Crippen LogP contribution in [0.5, 0.6) is 5.75 Å². The van der Waals surface area contributed by atoms with Crippen LogP contribution in [0.25, 0.3) is 0 Å². The maximum Gasteiger partial charge on any atom is 0.421 e. The zero-order valence-electron chi connectivity index (χ0n) is 12.6. The fourth-order valence-corrected chi connectivity index (χ4v) is 2.65. The fourth-order valence-electron chi connectivity index (χ4n) is 2.01. The number of hydrogen-bond acceptors (Lipinski definition) is 4. The van der Waals surface area contributed by atoms with Crippen molar-refractivity contribution in [2.45, 2.75) is 19.5 Å². The van der Waals surface area contributed by atoms with Crippen molar-refractivity contribution in [3.8, 4) is 5.75 Å². The summed E-state index contributed by atoms with van der Waals surface area (Å²) in [7, 11) is 1.53. The lowest BCUT2D eigenvalue weighted by atomic mass is 10.2. The van der Waals surface area contributed by atoms with Crippen molar-refractivity contribution in [1.29, 1.82) is 0 Å². The first kappa shape index (κ1) is 17.8. The van der Waals surface area contributed by atoms with Crippen molar-refractivity contribution in [3.63, 3.8) is 0 Å². The van der Waals surface area contributed by atoms with Gasteiger partial charge >= 0.3 is 6.18 Å². The lowest BCUT2D eigenvalue weighted by Gasteiger charge is -2.24. The summed E-state index contributed by atoms with van der Waals surface area (Å²) in [5.74, 6) is 0.333. The molecule has 2 aromatic rings. The Morgan fingerprint density at radius 3 is 2.70 bits per heavy atom. The number of alkyl halides is 3. The molecule has 1 aromatic carbocycles. The number of benzene rings is 1. The largest absolute Gasteiger partial charge is 0.490 e. The summed E-state index contributed by atoms with van der Waals surface area (Å²) in [6, 6.07) is 5.31. The van der Waals surface area contributed by atoms with Crippen LogP contribution in [0.4, 0.5) is 24.7 Å². The van der Waals surface area contributed by atoms with E-state index in [0.29, 0.717) is 18.0 Å². The predicted molar refractivity (Wildman–Crippen MR) is 90.0 cm³/mol. The number of aromatic nitrogens is 2. The van der Waals surface area contributed by atoms with Gasteiger partial charge in [-0.2, -0.15) is 13.2 Å². The second-order valence-corrected chi connectivity index (χ2v) is 5.92. The molecule has 8 heteroatoms. The number of halogens is 4. The van der Waals surface area contributed by atoms with Crippen molar-refractivity contribution in [1.82, 2.24) is 9.97 Å². The van der Waals surface area contributed by atoms with Crippen molar-refractivity contribution in [2.24, 2.45) is 0 Å². The number of nitrogens with zero attached hydrogens (tertiary/aromatic N) is 3. The minimum atomic E-state index is -4.53. The second-order valence-electron chi connectivity index (χ2n) is 4.75. The molecule has 0 radical (unpaired) electrons. The molecule has 0 saturated carbocycles. The maximum atomic E-state index is 13.2. The molecular weight excluding hydrogens is 422 g/mol. The first-order valence-corrected chi connectivity index (χ1v) is 7.96. The van der Waals surface area contributed by atoms with E-state index in [2.05, 4.69) is 32.6 Å². The molecule has 0 spiro atoms. The third-order valence-corrected chi connectivity index (χ3v) is 3.92. The van der Waals surface area contributed by atoms with Gasteiger partial charge in [-0.05, 0) is 41.1 Å². The van der Waals surface area contributed by atoms with Gasteiger partial charge < -0.3 is 9.64 Å². The van der Waals surface area contributed by atoms with E-state index in [1.807, 2.05) is 13.0 Å². The Hall–Kier alpha value is -1.58. The van der Waals surface area contributed by atoms with Gasteiger partial charge in [-0.15, -0.1) is 0 Å². The number of rotatable bonds is 5. The summed E-state index contributed by atoms with van der Waals surface area (Å²) in [5, 5.41) is 0. The average molecular weight is 437 g/mol. The highest BCUT2D eigenvalue weighted by atomic mass is 127. The van der Waals surface area contributed by atoms with Crippen LogP contribution >= 0.6 is 22.6 Å². The molecule has 0 fully saturated rings. The van der Waals surface area contributed by atoms with Crippen LogP contribution in [0.3, 0.4) is 0 Å². The Morgan fingerprint density at radius 2 is 2.04 bits per heavy atom. The molecular formula is C15H15F3IN3O. The summed E-state index contributed by atoms with van der Waals surface area (Å²) in [4.78, 5) is 8.67. The molecule has 0 atom stereocenters. The van der Waals surface area contributed by atoms with E-state index in [1.165, 1.54) is 11.9 Å². The van der Waals surface area contributed by atoms with Crippen LogP contribution in [-0.2, 0) is 6.18 Å².